The van der Waals surface area contributed by atoms with Crippen LogP contribution in [0.5, 0.6) is 11.5 Å². The summed E-state index contributed by atoms with van der Waals surface area (Å²) in [6.45, 7) is 6.97. The number of nitrogens with two attached hydrogens (primary N) is 1. The molecule has 0 unspecified atom stereocenters. The van der Waals surface area contributed by atoms with Crippen LogP contribution in [-0.2, 0) is 23.7 Å². The Bertz CT molecular complexity index is 1130. The molecular weight excluding hydrogens is 520 g/mol. The lowest BCUT2D eigenvalue weighted by Gasteiger charge is -2.32. The first-order valence-corrected chi connectivity index (χ1v) is 13.0. The first-order chi connectivity index (χ1) is 18.8. The lowest BCUT2D eigenvalue weighted by Crippen LogP contribution is -2.37. The molecule has 7 atom stereocenters. The smallest absolute Gasteiger partial charge is 0.405 e. The number of rotatable bonds is 4. The second kappa shape index (κ2) is 14.8. The van der Waals surface area contributed by atoms with Crippen molar-refractivity contribution in [1.82, 2.24) is 0 Å². The molecule has 1 aliphatic heterocycles. The van der Waals surface area contributed by atoms with Gasteiger partial charge in [0.25, 0.3) is 5.91 Å². The van der Waals surface area contributed by atoms with Crippen LogP contribution in [0.1, 0.15) is 45.8 Å². The van der Waals surface area contributed by atoms with Gasteiger partial charge in [-0.1, -0.05) is 38.2 Å². The van der Waals surface area contributed by atoms with Gasteiger partial charge >= 0.3 is 6.09 Å². The molecule has 1 heterocycles. The highest BCUT2D eigenvalue weighted by Crippen LogP contribution is 2.41. The Balaban J connectivity index is 2.67. The summed E-state index contributed by atoms with van der Waals surface area (Å²) >= 11 is 0. The van der Waals surface area contributed by atoms with Gasteiger partial charge in [0, 0.05) is 44.5 Å². The molecule has 2 amide bonds. The van der Waals surface area contributed by atoms with Crippen molar-refractivity contribution >= 4 is 17.7 Å². The molecule has 0 aliphatic carbocycles. The Hall–Kier alpha value is -3.38. The third-order valence-corrected chi connectivity index (χ3v) is 7.07. The number of allylic oxidation sites excluding steroid dienone is 2. The first-order valence-electron chi connectivity index (χ1n) is 13.0. The van der Waals surface area contributed by atoms with E-state index in [9.17, 15) is 24.9 Å². The number of ether oxygens (including phenoxy) is 4. The van der Waals surface area contributed by atoms with Crippen LogP contribution < -0.4 is 11.1 Å². The fraction of sp³-hybridized carbons (Fsp3) is 0.517. The normalized spacial score (nSPS) is 28.8. The number of aliphatic hydroxyl groups is 1. The summed E-state index contributed by atoms with van der Waals surface area (Å²) in [6, 6.07) is 2.62. The summed E-state index contributed by atoms with van der Waals surface area (Å²) < 4.78 is 22.3. The third kappa shape index (κ3) is 8.31. The van der Waals surface area contributed by atoms with Crippen molar-refractivity contribution < 1.29 is 43.9 Å². The van der Waals surface area contributed by atoms with Gasteiger partial charge in [-0.05, 0) is 37.8 Å². The zero-order chi connectivity index (χ0) is 30.1. The number of methoxy groups -OCH3 is 3. The molecule has 0 fully saturated rings. The molecule has 2 bridgehead atoms. The third-order valence-electron chi connectivity index (χ3n) is 7.07. The fourth-order valence-corrected chi connectivity index (χ4v) is 4.88. The maximum Gasteiger partial charge on any atom is 0.405 e. The summed E-state index contributed by atoms with van der Waals surface area (Å²) in [5, 5.41) is 35.3. The number of phenolic OH excluding ortho intramolecular Hbond substituents is 2. The van der Waals surface area contributed by atoms with E-state index in [-0.39, 0.29) is 34.2 Å². The van der Waals surface area contributed by atoms with E-state index in [2.05, 4.69) is 5.32 Å². The van der Waals surface area contributed by atoms with Gasteiger partial charge in [0.2, 0.25) is 0 Å². The fourth-order valence-electron chi connectivity index (χ4n) is 4.88. The van der Waals surface area contributed by atoms with Crippen molar-refractivity contribution in [1.29, 1.82) is 0 Å². The number of hydrogen-bond donors (Lipinski definition) is 5. The van der Waals surface area contributed by atoms with E-state index in [1.54, 1.807) is 39.0 Å². The Morgan fingerprint density at radius 3 is 2.30 bits per heavy atom. The van der Waals surface area contributed by atoms with E-state index in [1.807, 2.05) is 6.92 Å². The first kappa shape index (κ1) is 32.8. The number of aliphatic hydroxyl groups excluding tert-OH is 1. The summed E-state index contributed by atoms with van der Waals surface area (Å²) in [7, 11) is 4.39. The lowest BCUT2D eigenvalue weighted by molar-refractivity contribution is -0.112. The highest BCUT2D eigenvalue weighted by atomic mass is 16.6. The van der Waals surface area contributed by atoms with Crippen LogP contribution in [0.2, 0.25) is 0 Å². The van der Waals surface area contributed by atoms with E-state index in [0.717, 1.165) is 0 Å². The van der Waals surface area contributed by atoms with Gasteiger partial charge in [-0.25, -0.2) is 4.79 Å². The quantitative estimate of drug-likeness (QED) is 0.209. The largest absolute Gasteiger partial charge is 0.508 e. The van der Waals surface area contributed by atoms with Crippen LogP contribution in [0, 0.1) is 11.8 Å². The van der Waals surface area contributed by atoms with Crippen molar-refractivity contribution in [2.75, 3.05) is 26.6 Å². The molecular formula is C29H42N2O9. The van der Waals surface area contributed by atoms with Gasteiger partial charge in [0.1, 0.15) is 17.6 Å². The topological polar surface area (TPSA) is 170 Å². The van der Waals surface area contributed by atoms with Gasteiger partial charge in [-0.15, -0.1) is 0 Å². The Kier molecular flexibility index (Phi) is 12.2. The van der Waals surface area contributed by atoms with Crippen molar-refractivity contribution in [2.24, 2.45) is 17.6 Å². The van der Waals surface area contributed by atoms with Gasteiger partial charge in [0.05, 0.1) is 24.0 Å². The lowest BCUT2D eigenvalue weighted by atomic mass is 9.86. The standard InChI is InChI=1S/C29H42N2O9/c1-15-9-8-10-22(37-5)27(40-29(30)36)17(3)11-16(2)24(33)23(38-6)12-18(4)26(39-7)20-13-19(32)14-21(25(20)34)31-28(15)35/h8-11,13-14,16,18,22-24,26-27,32-34H,12H2,1-7H3,(H2,30,36)(H,31,35)/t16-,18-,22-,23-,24+,26+,27-/m0/s1. The number of benzene rings is 1. The zero-order valence-electron chi connectivity index (χ0n) is 24.1. The minimum absolute atomic E-state index is 0.00496. The summed E-state index contributed by atoms with van der Waals surface area (Å²) in [6.07, 6.45) is 1.78. The number of anilines is 1. The number of carbonyl (C=O) groups excluding carboxylic acids is 2. The van der Waals surface area contributed by atoms with Crippen molar-refractivity contribution in [3.63, 3.8) is 0 Å². The van der Waals surface area contributed by atoms with E-state index >= 15 is 0 Å². The molecule has 6 N–H and O–H groups in total. The SMILES string of the molecule is CO[C@H]1C=CC=C(C)C(=O)Nc2cc(O)cc(c2O)[C@H](OC)[C@@H](C)C[C@H](OC)[C@H](O)[C@@H](C)C=C(C)[C@@H]1OC(N)=O. The molecule has 222 valence electrons. The number of nitrogens with one attached hydrogen (secondary N) is 1. The van der Waals surface area contributed by atoms with E-state index in [0.29, 0.717) is 12.0 Å². The van der Waals surface area contributed by atoms with E-state index in [1.165, 1.54) is 39.5 Å². The van der Waals surface area contributed by atoms with Crippen LogP contribution in [0.4, 0.5) is 10.5 Å². The molecule has 11 heteroatoms. The van der Waals surface area contributed by atoms with Crippen molar-refractivity contribution in [2.45, 2.75) is 64.6 Å². The molecule has 1 aliphatic rings. The van der Waals surface area contributed by atoms with Crippen LogP contribution >= 0.6 is 0 Å². The number of carbonyl (C=O) groups is 2. The molecule has 0 aromatic heterocycles. The second-order valence-corrected chi connectivity index (χ2v) is 10.1. The Morgan fingerprint density at radius 2 is 1.73 bits per heavy atom. The van der Waals surface area contributed by atoms with E-state index in [4.69, 9.17) is 24.7 Å². The highest BCUT2D eigenvalue weighted by Gasteiger charge is 2.32. The van der Waals surface area contributed by atoms with Gasteiger partial charge < -0.3 is 45.3 Å². The molecule has 1 aromatic rings. The van der Waals surface area contributed by atoms with Gasteiger partial charge in [0.15, 0.2) is 6.10 Å². The Morgan fingerprint density at radius 1 is 1.05 bits per heavy atom. The summed E-state index contributed by atoms with van der Waals surface area (Å²) in [5.41, 5.74) is 6.48. The minimum atomic E-state index is -0.995. The molecule has 0 saturated carbocycles. The maximum absolute atomic E-state index is 12.9. The molecule has 40 heavy (non-hydrogen) atoms. The van der Waals surface area contributed by atoms with Crippen LogP contribution in [0.3, 0.4) is 0 Å². The van der Waals surface area contributed by atoms with Crippen LogP contribution in [0.15, 0.2) is 47.6 Å². The molecule has 0 spiro atoms. The summed E-state index contributed by atoms with van der Waals surface area (Å²) in [5.74, 6) is -1.70. The minimum Gasteiger partial charge on any atom is -0.508 e. The number of hydrogen-bond acceptors (Lipinski definition) is 9. The predicted octanol–water partition coefficient (Wildman–Crippen LogP) is 3.70. The van der Waals surface area contributed by atoms with Gasteiger partial charge in [-0.2, -0.15) is 0 Å². The number of primary amides is 1. The maximum atomic E-state index is 12.9. The molecule has 11 nitrogen and oxygen atoms in total. The average Bonchev–Trinajstić information content (AvgIpc) is 2.90. The predicted molar refractivity (Wildman–Crippen MR) is 150 cm³/mol. The number of phenols is 2. The van der Waals surface area contributed by atoms with Crippen LogP contribution in [-0.4, -0.2) is 73.1 Å². The monoisotopic (exact) mass is 562 g/mol. The van der Waals surface area contributed by atoms with Crippen molar-refractivity contribution in [3.05, 3.63) is 53.1 Å². The average molecular weight is 563 g/mol. The summed E-state index contributed by atoms with van der Waals surface area (Å²) in [4.78, 5) is 24.6. The zero-order valence-corrected chi connectivity index (χ0v) is 24.1. The number of aromatic hydroxyl groups is 2. The Labute approximate surface area is 235 Å². The van der Waals surface area contributed by atoms with Gasteiger partial charge in [-0.3, -0.25) is 4.79 Å². The number of fused-ring (bicyclic) bond motifs is 2. The van der Waals surface area contributed by atoms with Crippen molar-refractivity contribution in [3.8, 4) is 11.5 Å². The van der Waals surface area contributed by atoms with E-state index < -0.39 is 48.4 Å². The second-order valence-electron chi connectivity index (χ2n) is 10.1. The molecule has 2 rings (SSSR count). The molecule has 0 saturated heterocycles. The number of amides is 2. The molecule has 1 aromatic carbocycles. The van der Waals surface area contributed by atoms with Crippen LogP contribution in [0.25, 0.3) is 0 Å². The molecule has 0 radical (unpaired) electrons. The highest BCUT2D eigenvalue weighted by molar-refractivity contribution is 6.04.